The van der Waals surface area contributed by atoms with Gasteiger partial charge in [0.1, 0.15) is 6.10 Å². The molecule has 1 aliphatic heterocycles. The summed E-state index contributed by atoms with van der Waals surface area (Å²) in [7, 11) is -3.58. The molecule has 1 unspecified atom stereocenters. The molecular weight excluding hydrogens is 338 g/mol. The fraction of sp³-hybridized carbons (Fsp3) is 0.333. The van der Waals surface area contributed by atoms with E-state index in [4.69, 9.17) is 16.3 Å². The van der Waals surface area contributed by atoms with E-state index in [0.29, 0.717) is 29.4 Å². The summed E-state index contributed by atoms with van der Waals surface area (Å²) in [6.45, 7) is 2.39. The van der Waals surface area contributed by atoms with Gasteiger partial charge in [-0.2, -0.15) is 4.31 Å². The highest BCUT2D eigenvalue weighted by Crippen LogP contribution is 2.28. The van der Waals surface area contributed by atoms with Gasteiger partial charge in [0.25, 0.3) is 0 Å². The zero-order valence-electron chi connectivity index (χ0n) is 12.5. The van der Waals surface area contributed by atoms with Crippen LogP contribution in [0, 0.1) is 6.92 Å². The molecular formula is C15H16ClN3O3S. The third-order valence-corrected chi connectivity index (χ3v) is 6.19. The molecule has 1 aromatic heterocycles. The van der Waals surface area contributed by atoms with E-state index in [2.05, 4.69) is 9.97 Å². The molecule has 1 fully saturated rings. The SMILES string of the molecule is Cc1c(Cl)cccc1S(=O)(=O)N1CCC(Oc2cnccn2)C1. The Morgan fingerprint density at radius 3 is 2.91 bits per heavy atom. The van der Waals surface area contributed by atoms with Crippen LogP contribution in [0.25, 0.3) is 0 Å². The quantitative estimate of drug-likeness (QED) is 0.843. The Morgan fingerprint density at radius 1 is 1.35 bits per heavy atom. The minimum absolute atomic E-state index is 0.235. The van der Waals surface area contributed by atoms with Crippen LogP contribution in [0.5, 0.6) is 5.88 Å². The number of aromatic nitrogens is 2. The molecule has 0 radical (unpaired) electrons. The normalized spacial score (nSPS) is 19.0. The highest BCUT2D eigenvalue weighted by molar-refractivity contribution is 7.89. The second-order valence-corrected chi connectivity index (χ2v) is 7.61. The monoisotopic (exact) mass is 353 g/mol. The molecule has 1 atom stereocenters. The summed E-state index contributed by atoms with van der Waals surface area (Å²) in [5.41, 5.74) is 0.562. The predicted octanol–water partition coefficient (Wildman–Crippen LogP) is 2.28. The van der Waals surface area contributed by atoms with Gasteiger partial charge >= 0.3 is 0 Å². The van der Waals surface area contributed by atoms with Gasteiger partial charge in [0.2, 0.25) is 15.9 Å². The molecule has 6 nitrogen and oxygen atoms in total. The standard InChI is InChI=1S/C15H16ClN3O3S/c1-11-13(16)3-2-4-14(11)23(20,21)19-8-5-12(10-19)22-15-9-17-6-7-18-15/h2-4,6-7,9,12H,5,8,10H2,1H3. The maximum atomic E-state index is 12.8. The Labute approximate surface area is 140 Å². The van der Waals surface area contributed by atoms with Crippen LogP contribution in [-0.4, -0.2) is 41.9 Å². The van der Waals surface area contributed by atoms with Gasteiger partial charge in [0, 0.05) is 24.0 Å². The lowest BCUT2D eigenvalue weighted by Gasteiger charge is -2.18. The van der Waals surface area contributed by atoms with Crippen molar-refractivity contribution in [3.63, 3.8) is 0 Å². The molecule has 0 spiro atoms. The molecule has 0 aliphatic carbocycles. The number of benzene rings is 1. The molecule has 2 heterocycles. The lowest BCUT2D eigenvalue weighted by Crippen LogP contribution is -2.31. The largest absolute Gasteiger partial charge is 0.472 e. The molecule has 8 heteroatoms. The van der Waals surface area contributed by atoms with E-state index in [1.807, 2.05) is 0 Å². The average molecular weight is 354 g/mol. The van der Waals surface area contributed by atoms with Gasteiger partial charge < -0.3 is 4.74 Å². The van der Waals surface area contributed by atoms with E-state index >= 15 is 0 Å². The van der Waals surface area contributed by atoms with Gasteiger partial charge in [-0.1, -0.05) is 17.7 Å². The number of ether oxygens (including phenoxy) is 1. The summed E-state index contributed by atoms with van der Waals surface area (Å²) in [6.07, 6.45) is 4.98. The van der Waals surface area contributed by atoms with Crippen molar-refractivity contribution in [1.82, 2.24) is 14.3 Å². The number of nitrogens with zero attached hydrogens (tertiary/aromatic N) is 3. The Bertz CT molecular complexity index is 799. The van der Waals surface area contributed by atoms with Crippen molar-refractivity contribution >= 4 is 21.6 Å². The topological polar surface area (TPSA) is 72.4 Å². The maximum absolute atomic E-state index is 12.8. The van der Waals surface area contributed by atoms with Gasteiger partial charge in [-0.3, -0.25) is 4.98 Å². The minimum Gasteiger partial charge on any atom is -0.472 e. The van der Waals surface area contributed by atoms with E-state index in [-0.39, 0.29) is 17.5 Å². The van der Waals surface area contributed by atoms with Gasteiger partial charge in [0.05, 0.1) is 17.6 Å². The third-order valence-electron chi connectivity index (χ3n) is 3.77. The summed E-state index contributed by atoms with van der Waals surface area (Å²) in [4.78, 5) is 8.21. The molecule has 23 heavy (non-hydrogen) atoms. The van der Waals surface area contributed by atoms with Crippen LogP contribution >= 0.6 is 11.6 Å². The van der Waals surface area contributed by atoms with Crippen molar-refractivity contribution in [3.8, 4) is 5.88 Å². The van der Waals surface area contributed by atoms with E-state index in [1.165, 1.54) is 16.7 Å². The van der Waals surface area contributed by atoms with Gasteiger partial charge in [-0.15, -0.1) is 0 Å². The molecule has 3 rings (SSSR count). The Morgan fingerprint density at radius 2 is 2.17 bits per heavy atom. The predicted molar refractivity (Wildman–Crippen MR) is 86.0 cm³/mol. The summed E-state index contributed by atoms with van der Waals surface area (Å²) in [5, 5.41) is 0.442. The first-order chi connectivity index (χ1) is 11.0. The van der Waals surface area contributed by atoms with Crippen LogP contribution in [0.2, 0.25) is 5.02 Å². The highest BCUT2D eigenvalue weighted by Gasteiger charge is 2.34. The number of halogens is 1. The lowest BCUT2D eigenvalue weighted by molar-refractivity contribution is 0.206. The first-order valence-electron chi connectivity index (χ1n) is 7.16. The molecule has 0 N–H and O–H groups in total. The second-order valence-electron chi connectivity index (χ2n) is 5.30. The van der Waals surface area contributed by atoms with Crippen LogP contribution in [-0.2, 0) is 10.0 Å². The molecule has 2 aromatic rings. The first kappa shape index (κ1) is 16.2. The van der Waals surface area contributed by atoms with Crippen LogP contribution in [0.4, 0.5) is 0 Å². The third kappa shape index (κ3) is 3.31. The first-order valence-corrected chi connectivity index (χ1v) is 8.98. The van der Waals surface area contributed by atoms with Crippen LogP contribution in [0.3, 0.4) is 0 Å². The average Bonchev–Trinajstić information content (AvgIpc) is 3.00. The zero-order chi connectivity index (χ0) is 16.4. The molecule has 0 bridgehead atoms. The molecule has 0 amide bonds. The van der Waals surface area contributed by atoms with Gasteiger partial charge in [-0.05, 0) is 31.0 Å². The van der Waals surface area contributed by atoms with E-state index in [1.54, 1.807) is 31.3 Å². The molecule has 122 valence electrons. The summed E-state index contributed by atoms with van der Waals surface area (Å²) >= 11 is 6.04. The van der Waals surface area contributed by atoms with Crippen molar-refractivity contribution in [2.45, 2.75) is 24.3 Å². The van der Waals surface area contributed by atoms with Gasteiger partial charge in [0.15, 0.2) is 0 Å². The van der Waals surface area contributed by atoms with Crippen LogP contribution in [0.15, 0.2) is 41.7 Å². The number of hydrogen-bond acceptors (Lipinski definition) is 5. The van der Waals surface area contributed by atoms with E-state index < -0.39 is 10.0 Å². The molecule has 1 saturated heterocycles. The minimum atomic E-state index is -3.58. The Balaban J connectivity index is 1.76. The summed E-state index contributed by atoms with van der Waals surface area (Å²) in [6, 6.07) is 4.90. The van der Waals surface area contributed by atoms with Crippen molar-refractivity contribution in [2.24, 2.45) is 0 Å². The molecule has 1 aromatic carbocycles. The van der Waals surface area contributed by atoms with E-state index in [0.717, 1.165) is 0 Å². The number of rotatable bonds is 4. The van der Waals surface area contributed by atoms with Crippen molar-refractivity contribution in [2.75, 3.05) is 13.1 Å². The van der Waals surface area contributed by atoms with Crippen LogP contribution in [0.1, 0.15) is 12.0 Å². The Kier molecular flexibility index (Phi) is 4.52. The van der Waals surface area contributed by atoms with Crippen molar-refractivity contribution in [1.29, 1.82) is 0 Å². The molecule has 1 aliphatic rings. The van der Waals surface area contributed by atoms with Crippen LogP contribution < -0.4 is 4.74 Å². The van der Waals surface area contributed by atoms with Crippen molar-refractivity contribution < 1.29 is 13.2 Å². The Hall–Kier alpha value is -1.70. The van der Waals surface area contributed by atoms with E-state index in [9.17, 15) is 8.42 Å². The fourth-order valence-corrected chi connectivity index (χ4v) is 4.50. The summed E-state index contributed by atoms with van der Waals surface area (Å²) < 4.78 is 32.7. The zero-order valence-corrected chi connectivity index (χ0v) is 14.1. The highest BCUT2D eigenvalue weighted by atomic mass is 35.5. The number of sulfonamides is 1. The lowest BCUT2D eigenvalue weighted by atomic mass is 10.2. The van der Waals surface area contributed by atoms with Gasteiger partial charge in [-0.25, -0.2) is 13.4 Å². The second kappa shape index (κ2) is 6.43. The smallest absolute Gasteiger partial charge is 0.243 e. The fourth-order valence-electron chi connectivity index (χ4n) is 2.54. The van der Waals surface area contributed by atoms with Crippen molar-refractivity contribution in [3.05, 3.63) is 47.4 Å². The summed E-state index contributed by atoms with van der Waals surface area (Å²) in [5.74, 6) is 0.399. The molecule has 0 saturated carbocycles. The number of hydrogen-bond donors (Lipinski definition) is 0. The maximum Gasteiger partial charge on any atom is 0.243 e.